The fourth-order valence-electron chi connectivity index (χ4n) is 3.47. The van der Waals surface area contributed by atoms with Gasteiger partial charge in [-0.15, -0.1) is 0 Å². The lowest BCUT2D eigenvalue weighted by molar-refractivity contribution is 0.627. The Morgan fingerprint density at radius 3 is 2.48 bits per heavy atom. The van der Waals surface area contributed by atoms with E-state index in [-0.39, 0.29) is 11.9 Å². The molecule has 0 radical (unpaired) electrons. The number of benzene rings is 2. The number of nitrogens with zero attached hydrogens (tertiary/aromatic N) is 6. The standard InChI is InChI=1S/C22H17ClFN7/c1-30-11-10-25-22(30)19(14-2-4-15(23)5-3-14)29-20-18-12-28-31(21(18)27-13-26-20)17-8-6-16(24)7-9-17/h2-13,19H,1H3,(H,26,27,29)/t19-/m0/s1. The molecule has 5 rings (SSSR count). The molecule has 0 unspecified atom stereocenters. The molecule has 3 aromatic heterocycles. The molecule has 0 saturated carbocycles. The van der Waals surface area contributed by atoms with Gasteiger partial charge in [0.25, 0.3) is 0 Å². The van der Waals surface area contributed by atoms with Gasteiger partial charge in [-0.1, -0.05) is 23.7 Å². The predicted molar refractivity (Wildman–Crippen MR) is 117 cm³/mol. The summed E-state index contributed by atoms with van der Waals surface area (Å²) >= 11 is 6.09. The minimum absolute atomic E-state index is 0.274. The van der Waals surface area contributed by atoms with Gasteiger partial charge in [-0.2, -0.15) is 5.10 Å². The third-order valence-corrected chi connectivity index (χ3v) is 5.29. The highest BCUT2D eigenvalue weighted by molar-refractivity contribution is 6.30. The van der Waals surface area contributed by atoms with Gasteiger partial charge >= 0.3 is 0 Å². The van der Waals surface area contributed by atoms with E-state index in [2.05, 4.69) is 25.4 Å². The first-order valence-electron chi connectivity index (χ1n) is 9.54. The van der Waals surface area contributed by atoms with Crippen LogP contribution in [0.25, 0.3) is 16.7 Å². The first-order chi connectivity index (χ1) is 15.1. The number of nitrogens with one attached hydrogen (secondary N) is 1. The molecule has 0 fully saturated rings. The van der Waals surface area contributed by atoms with Crippen molar-refractivity contribution in [3.63, 3.8) is 0 Å². The van der Waals surface area contributed by atoms with Crippen molar-refractivity contribution in [3.8, 4) is 5.69 Å². The van der Waals surface area contributed by atoms with Gasteiger partial charge < -0.3 is 9.88 Å². The summed E-state index contributed by atoms with van der Waals surface area (Å²) < 4.78 is 16.9. The highest BCUT2D eigenvalue weighted by Crippen LogP contribution is 2.29. The molecule has 31 heavy (non-hydrogen) atoms. The van der Waals surface area contributed by atoms with Gasteiger partial charge in [0.05, 0.1) is 17.3 Å². The molecule has 154 valence electrons. The summed E-state index contributed by atoms with van der Waals surface area (Å²) in [6, 6.07) is 13.4. The van der Waals surface area contributed by atoms with Gasteiger partial charge in [0.15, 0.2) is 5.65 Å². The van der Waals surface area contributed by atoms with E-state index in [0.717, 1.165) is 16.8 Å². The monoisotopic (exact) mass is 433 g/mol. The summed E-state index contributed by atoms with van der Waals surface area (Å²) in [5, 5.41) is 9.32. The van der Waals surface area contributed by atoms with Gasteiger partial charge in [0, 0.05) is 24.5 Å². The summed E-state index contributed by atoms with van der Waals surface area (Å²) in [5.74, 6) is 1.12. The minimum atomic E-state index is -0.307. The maximum atomic E-state index is 13.3. The van der Waals surface area contributed by atoms with Crippen LogP contribution in [-0.4, -0.2) is 29.3 Å². The van der Waals surface area contributed by atoms with E-state index in [0.29, 0.717) is 22.2 Å². The van der Waals surface area contributed by atoms with Crippen LogP contribution in [0.3, 0.4) is 0 Å². The zero-order valence-corrected chi connectivity index (χ0v) is 17.2. The van der Waals surface area contributed by atoms with Gasteiger partial charge in [-0.25, -0.2) is 24.0 Å². The van der Waals surface area contributed by atoms with E-state index in [1.54, 1.807) is 29.2 Å². The molecule has 0 saturated heterocycles. The largest absolute Gasteiger partial charge is 0.356 e. The van der Waals surface area contributed by atoms with Crippen molar-refractivity contribution in [1.82, 2.24) is 29.3 Å². The number of imidazole rings is 1. The van der Waals surface area contributed by atoms with Gasteiger partial charge in [0.2, 0.25) is 0 Å². The Morgan fingerprint density at radius 1 is 1.00 bits per heavy atom. The van der Waals surface area contributed by atoms with E-state index >= 15 is 0 Å². The van der Waals surface area contributed by atoms with Crippen LogP contribution < -0.4 is 5.32 Å². The van der Waals surface area contributed by atoms with Crippen molar-refractivity contribution in [2.75, 3.05) is 5.32 Å². The van der Waals surface area contributed by atoms with E-state index in [1.165, 1.54) is 18.5 Å². The normalized spacial score (nSPS) is 12.2. The van der Waals surface area contributed by atoms with Crippen molar-refractivity contribution in [3.05, 3.63) is 95.7 Å². The fourth-order valence-corrected chi connectivity index (χ4v) is 3.60. The Kier molecular flexibility index (Phi) is 4.83. The molecule has 5 aromatic rings. The average Bonchev–Trinajstić information content (AvgIpc) is 3.40. The van der Waals surface area contributed by atoms with Gasteiger partial charge in [-0.3, -0.25) is 0 Å². The number of anilines is 1. The number of fused-ring (bicyclic) bond motifs is 1. The van der Waals surface area contributed by atoms with Crippen molar-refractivity contribution >= 4 is 28.5 Å². The Morgan fingerprint density at radius 2 is 1.77 bits per heavy atom. The molecule has 0 spiro atoms. The Balaban J connectivity index is 1.58. The van der Waals surface area contributed by atoms with E-state index in [1.807, 2.05) is 42.1 Å². The third kappa shape index (κ3) is 3.62. The molecular formula is C22H17ClFN7. The summed E-state index contributed by atoms with van der Waals surface area (Å²) in [6.45, 7) is 0. The molecule has 0 amide bonds. The number of hydrogen-bond acceptors (Lipinski definition) is 5. The molecule has 1 N–H and O–H groups in total. The minimum Gasteiger partial charge on any atom is -0.356 e. The lowest BCUT2D eigenvalue weighted by Crippen LogP contribution is -2.17. The topological polar surface area (TPSA) is 73.5 Å². The molecule has 0 bridgehead atoms. The number of hydrogen-bond donors (Lipinski definition) is 1. The van der Waals surface area contributed by atoms with Crippen LogP contribution in [0.15, 0.2) is 73.4 Å². The maximum Gasteiger partial charge on any atom is 0.168 e. The van der Waals surface area contributed by atoms with Crippen molar-refractivity contribution in [2.45, 2.75) is 6.04 Å². The van der Waals surface area contributed by atoms with Crippen LogP contribution in [0, 0.1) is 5.82 Å². The molecular weight excluding hydrogens is 417 g/mol. The van der Waals surface area contributed by atoms with Gasteiger partial charge in [-0.05, 0) is 42.0 Å². The van der Waals surface area contributed by atoms with Crippen LogP contribution in [0.4, 0.5) is 10.2 Å². The fraction of sp³-hybridized carbons (Fsp3) is 0.0909. The molecule has 0 aliphatic carbocycles. The van der Waals surface area contributed by atoms with Crippen molar-refractivity contribution < 1.29 is 4.39 Å². The SMILES string of the molecule is Cn1ccnc1[C@@H](Nc1ncnc2c1cnn2-c1ccc(F)cc1)c1ccc(Cl)cc1. The Labute approximate surface area is 182 Å². The molecule has 7 nitrogen and oxygen atoms in total. The first-order valence-corrected chi connectivity index (χ1v) is 9.92. The molecule has 0 aliphatic heterocycles. The molecule has 0 aliphatic rings. The summed E-state index contributed by atoms with van der Waals surface area (Å²) in [4.78, 5) is 13.4. The van der Waals surface area contributed by atoms with Crippen LogP contribution in [0.1, 0.15) is 17.4 Å². The van der Waals surface area contributed by atoms with Crippen LogP contribution in [-0.2, 0) is 7.05 Å². The summed E-state index contributed by atoms with van der Waals surface area (Å²) in [6.07, 6.45) is 6.81. The van der Waals surface area contributed by atoms with Crippen molar-refractivity contribution in [1.29, 1.82) is 0 Å². The summed E-state index contributed by atoms with van der Waals surface area (Å²) in [7, 11) is 1.94. The Bertz CT molecular complexity index is 1340. The van der Waals surface area contributed by atoms with E-state index < -0.39 is 0 Å². The van der Waals surface area contributed by atoms with Gasteiger partial charge in [0.1, 0.15) is 29.8 Å². The van der Waals surface area contributed by atoms with E-state index in [4.69, 9.17) is 11.6 Å². The van der Waals surface area contributed by atoms with Crippen LogP contribution >= 0.6 is 11.6 Å². The predicted octanol–water partition coefficient (Wildman–Crippen LogP) is 4.54. The maximum absolute atomic E-state index is 13.3. The zero-order valence-electron chi connectivity index (χ0n) is 16.4. The third-order valence-electron chi connectivity index (χ3n) is 5.04. The van der Waals surface area contributed by atoms with Crippen LogP contribution in [0.2, 0.25) is 5.02 Å². The lowest BCUT2D eigenvalue weighted by atomic mass is 10.1. The summed E-state index contributed by atoms with van der Waals surface area (Å²) in [5.41, 5.74) is 2.30. The molecule has 9 heteroatoms. The molecule has 3 heterocycles. The van der Waals surface area contributed by atoms with Crippen molar-refractivity contribution in [2.24, 2.45) is 7.05 Å². The smallest absolute Gasteiger partial charge is 0.168 e. The zero-order chi connectivity index (χ0) is 21.4. The first kappa shape index (κ1) is 19.2. The van der Waals surface area contributed by atoms with E-state index in [9.17, 15) is 4.39 Å². The number of aryl methyl sites for hydroxylation is 1. The second-order valence-electron chi connectivity index (χ2n) is 7.02. The Hall–Kier alpha value is -3.78. The quantitative estimate of drug-likeness (QED) is 0.440. The number of aromatic nitrogens is 6. The number of rotatable bonds is 5. The number of halogens is 2. The molecule has 1 atom stereocenters. The second kappa shape index (κ2) is 7.81. The molecule has 2 aromatic carbocycles. The second-order valence-corrected chi connectivity index (χ2v) is 7.45. The highest BCUT2D eigenvalue weighted by Gasteiger charge is 2.21. The highest BCUT2D eigenvalue weighted by atomic mass is 35.5. The average molecular weight is 434 g/mol. The van der Waals surface area contributed by atoms with Crippen LogP contribution in [0.5, 0.6) is 0 Å². The lowest BCUT2D eigenvalue weighted by Gasteiger charge is -2.20.